The van der Waals surface area contributed by atoms with E-state index in [9.17, 15) is 0 Å². The lowest BCUT2D eigenvalue weighted by Crippen LogP contribution is -1.95. The molecule has 0 N–H and O–H groups in total. The van der Waals surface area contributed by atoms with Crippen molar-refractivity contribution in [2.24, 2.45) is 0 Å². The second-order valence-corrected chi connectivity index (χ2v) is 6.68. The molecule has 0 spiro atoms. The third-order valence-corrected chi connectivity index (χ3v) is 5.40. The molecule has 4 heteroatoms. The Bertz CT molecular complexity index is 271. The SMILES string of the molecule is c1ccc2c(c1)OPP=P2. The number of hydrogen-bond acceptors (Lipinski definition) is 1. The Morgan fingerprint density at radius 3 is 3.10 bits per heavy atom. The van der Waals surface area contributed by atoms with Crippen molar-refractivity contribution in [2.75, 3.05) is 0 Å². The average Bonchev–Trinajstić information content (AvgIpc) is 2.05. The molecule has 2 rings (SSSR count). The molecule has 1 unspecified atom stereocenters. The summed E-state index contributed by atoms with van der Waals surface area (Å²) in [5.74, 6) is 1.07. The Hall–Kier alpha value is 0.0500. The second kappa shape index (κ2) is 2.97. The van der Waals surface area contributed by atoms with Gasteiger partial charge >= 0.3 is 0 Å². The lowest BCUT2D eigenvalue weighted by atomic mass is 10.3. The Labute approximate surface area is 64.4 Å². The van der Waals surface area contributed by atoms with Gasteiger partial charge in [0, 0.05) is 5.30 Å². The number of rotatable bonds is 0. The largest absolute Gasteiger partial charge is 0.467 e. The minimum Gasteiger partial charge on any atom is -0.467 e. The molecule has 0 saturated carbocycles. The Kier molecular flexibility index (Phi) is 2.00. The van der Waals surface area contributed by atoms with Crippen LogP contribution in [0.4, 0.5) is 0 Å². The fraction of sp³-hybridized carbons (Fsp3) is 0. The van der Waals surface area contributed by atoms with E-state index in [0.29, 0.717) is 8.50 Å². The molecule has 0 amide bonds. The van der Waals surface area contributed by atoms with Crippen LogP contribution >= 0.6 is 23.9 Å². The van der Waals surface area contributed by atoms with Crippen LogP contribution in [0.1, 0.15) is 0 Å². The maximum atomic E-state index is 5.43. The van der Waals surface area contributed by atoms with Gasteiger partial charge in [0.05, 0.1) is 0 Å². The van der Waals surface area contributed by atoms with Crippen LogP contribution in [0.2, 0.25) is 0 Å². The number of fused-ring (bicyclic) bond motifs is 1. The van der Waals surface area contributed by atoms with Crippen LogP contribution in [0.5, 0.6) is 5.75 Å². The summed E-state index contributed by atoms with van der Waals surface area (Å²) in [6.07, 6.45) is 0. The van der Waals surface area contributed by atoms with Crippen molar-refractivity contribution in [2.45, 2.75) is 0 Å². The first-order chi connectivity index (χ1) is 4.97. The first kappa shape index (κ1) is 6.74. The van der Waals surface area contributed by atoms with Crippen molar-refractivity contribution < 1.29 is 4.52 Å². The van der Waals surface area contributed by atoms with Crippen LogP contribution in [0, 0.1) is 0 Å². The fourth-order valence-corrected chi connectivity index (χ4v) is 4.76. The van der Waals surface area contributed by atoms with E-state index in [1.54, 1.807) is 0 Å². The highest BCUT2D eigenvalue weighted by Crippen LogP contribution is 2.43. The lowest BCUT2D eigenvalue weighted by Gasteiger charge is -2.08. The van der Waals surface area contributed by atoms with Crippen LogP contribution in [0.3, 0.4) is 0 Å². The van der Waals surface area contributed by atoms with E-state index in [2.05, 4.69) is 12.1 Å². The molecule has 1 aliphatic rings. The predicted octanol–water partition coefficient (Wildman–Crippen LogP) is 3.02. The summed E-state index contributed by atoms with van der Waals surface area (Å²) in [5, 5.41) is 1.32. The predicted molar refractivity (Wildman–Crippen MR) is 48.9 cm³/mol. The Balaban J connectivity index is 2.54. The first-order valence-electron chi connectivity index (χ1n) is 2.88. The van der Waals surface area contributed by atoms with Gasteiger partial charge in [-0.25, -0.2) is 0 Å². The van der Waals surface area contributed by atoms with E-state index in [1.165, 1.54) is 20.7 Å². The summed E-state index contributed by atoms with van der Waals surface area (Å²) >= 11 is 0. The smallest absolute Gasteiger partial charge is 0.136 e. The molecule has 0 radical (unpaired) electrons. The van der Waals surface area contributed by atoms with Crippen LogP contribution in [-0.2, 0) is 0 Å². The third kappa shape index (κ3) is 1.23. The average molecular weight is 186 g/mol. The van der Waals surface area contributed by atoms with Crippen LogP contribution in [0.15, 0.2) is 24.3 Å². The van der Waals surface area contributed by atoms with E-state index in [-0.39, 0.29) is 0 Å². The number of para-hydroxylation sites is 1. The van der Waals surface area contributed by atoms with E-state index in [4.69, 9.17) is 4.52 Å². The van der Waals surface area contributed by atoms with Gasteiger partial charge in [-0.05, 0) is 27.6 Å². The van der Waals surface area contributed by atoms with E-state index in [0.717, 1.165) is 5.75 Å². The molecule has 1 atom stereocenters. The standard InChI is InChI=1S/C6H5OP3/c1-2-4-6-5(3-1)7-9-10-8-6/h1-4,9H. The molecule has 1 aliphatic heterocycles. The summed E-state index contributed by atoms with van der Waals surface area (Å²) in [4.78, 5) is 0. The maximum Gasteiger partial charge on any atom is 0.136 e. The maximum absolute atomic E-state index is 5.43. The topological polar surface area (TPSA) is 9.23 Å². The third-order valence-electron chi connectivity index (χ3n) is 1.22. The van der Waals surface area contributed by atoms with Crippen LogP contribution in [0.25, 0.3) is 0 Å². The minimum absolute atomic E-state index is 0.629. The van der Waals surface area contributed by atoms with Crippen molar-refractivity contribution in [1.29, 1.82) is 0 Å². The van der Waals surface area contributed by atoms with Crippen molar-refractivity contribution >= 4 is 29.2 Å². The van der Waals surface area contributed by atoms with Gasteiger partial charge in [0.1, 0.15) is 14.2 Å². The highest BCUT2D eigenvalue weighted by atomic mass is 32.2. The molecule has 1 nitrogen and oxygen atoms in total. The summed E-state index contributed by atoms with van der Waals surface area (Å²) in [5.41, 5.74) is 0. The molecule has 0 saturated heterocycles. The zero-order chi connectivity index (χ0) is 6.81. The van der Waals surface area contributed by atoms with Gasteiger partial charge in [0.25, 0.3) is 0 Å². The molecule has 0 fully saturated rings. The Morgan fingerprint density at radius 2 is 2.20 bits per heavy atom. The molecule has 0 aliphatic carbocycles. The molecule has 1 aromatic carbocycles. The second-order valence-electron chi connectivity index (χ2n) is 1.86. The fourth-order valence-electron chi connectivity index (χ4n) is 0.770. The van der Waals surface area contributed by atoms with Gasteiger partial charge in [-0.1, -0.05) is 12.1 Å². The number of hydrogen-bond donors (Lipinski definition) is 0. The molecular formula is C6H5OP3. The van der Waals surface area contributed by atoms with E-state index < -0.39 is 0 Å². The lowest BCUT2D eigenvalue weighted by molar-refractivity contribution is 0.648. The Morgan fingerprint density at radius 1 is 1.30 bits per heavy atom. The molecule has 1 aromatic rings. The van der Waals surface area contributed by atoms with Crippen molar-refractivity contribution in [3.05, 3.63) is 24.3 Å². The van der Waals surface area contributed by atoms with Gasteiger partial charge in [-0.2, -0.15) is 0 Å². The molecule has 0 aromatic heterocycles. The van der Waals surface area contributed by atoms with Gasteiger partial charge in [0.15, 0.2) is 0 Å². The molecule has 10 heavy (non-hydrogen) atoms. The van der Waals surface area contributed by atoms with Crippen molar-refractivity contribution in [3.8, 4) is 5.75 Å². The van der Waals surface area contributed by atoms with Gasteiger partial charge in [-0.15, -0.1) is 0 Å². The first-order valence-corrected chi connectivity index (χ1v) is 7.13. The normalized spacial score (nSPS) is 19.6. The van der Waals surface area contributed by atoms with Gasteiger partial charge < -0.3 is 4.52 Å². The summed E-state index contributed by atoms with van der Waals surface area (Å²) in [7, 11) is 3.40. The van der Waals surface area contributed by atoms with E-state index in [1.807, 2.05) is 12.1 Å². The minimum atomic E-state index is 0.629. The zero-order valence-electron chi connectivity index (χ0n) is 5.11. The number of benzene rings is 1. The monoisotopic (exact) mass is 186 g/mol. The molecule has 1 heterocycles. The van der Waals surface area contributed by atoms with Gasteiger partial charge in [-0.3, -0.25) is 0 Å². The van der Waals surface area contributed by atoms with Crippen molar-refractivity contribution in [3.63, 3.8) is 0 Å². The van der Waals surface area contributed by atoms with Crippen LogP contribution in [-0.4, -0.2) is 0 Å². The molecule has 50 valence electrons. The zero-order valence-corrected chi connectivity index (χ0v) is 7.90. The van der Waals surface area contributed by atoms with E-state index >= 15 is 0 Å². The molecular weight excluding hydrogens is 181 g/mol. The summed E-state index contributed by atoms with van der Waals surface area (Å²) in [6.45, 7) is 0. The summed E-state index contributed by atoms with van der Waals surface area (Å²) in [6, 6.07) is 8.22. The van der Waals surface area contributed by atoms with Gasteiger partial charge in [0.2, 0.25) is 0 Å². The van der Waals surface area contributed by atoms with Crippen molar-refractivity contribution in [1.82, 2.24) is 0 Å². The van der Waals surface area contributed by atoms with Crippen LogP contribution < -0.4 is 9.83 Å². The quantitative estimate of drug-likeness (QED) is 0.565. The highest BCUT2D eigenvalue weighted by Gasteiger charge is 2.02. The molecule has 0 bridgehead atoms. The highest BCUT2D eigenvalue weighted by molar-refractivity contribution is 8.25. The summed E-state index contributed by atoms with van der Waals surface area (Å²) < 4.78 is 5.43.